The Balaban J connectivity index is 2.35. The second-order valence-electron chi connectivity index (χ2n) is 7.95. The molecule has 23 heavy (non-hydrogen) atoms. The van der Waals surface area contributed by atoms with Crippen LogP contribution in [-0.2, 0) is 10.8 Å². The van der Waals surface area contributed by atoms with Gasteiger partial charge in [-0.05, 0) is 68.6 Å². The summed E-state index contributed by atoms with van der Waals surface area (Å²) in [5.41, 5.74) is 2.63. The summed E-state index contributed by atoms with van der Waals surface area (Å²) in [6.07, 6.45) is 4.22. The second-order valence-corrected chi connectivity index (χ2v) is 12.8. The third-order valence-corrected chi connectivity index (χ3v) is 9.08. The predicted molar refractivity (Wildman–Crippen MR) is 103 cm³/mol. The van der Waals surface area contributed by atoms with E-state index in [1.54, 1.807) is 0 Å². The zero-order valence-corrected chi connectivity index (χ0v) is 17.0. The van der Waals surface area contributed by atoms with Gasteiger partial charge in [-0.1, -0.05) is 38.5 Å². The van der Waals surface area contributed by atoms with Crippen LogP contribution in [0.3, 0.4) is 0 Å². The fraction of sp³-hybridized carbons (Fsp3) is 0.600. The van der Waals surface area contributed by atoms with E-state index in [2.05, 4.69) is 78.1 Å². The first-order valence-electron chi connectivity index (χ1n) is 8.61. The number of rotatable bonds is 8. The number of hydrogen-bond donors (Lipinski definition) is 0. The monoisotopic (exact) mass is 334 g/mol. The average Bonchev–Trinajstić information content (AvgIpc) is 2.43. The van der Waals surface area contributed by atoms with Crippen LogP contribution in [0.15, 0.2) is 35.9 Å². The van der Waals surface area contributed by atoms with Crippen molar-refractivity contribution in [3.8, 4) is 5.75 Å². The van der Waals surface area contributed by atoms with Crippen LogP contribution in [0.25, 0.3) is 0 Å². The van der Waals surface area contributed by atoms with Gasteiger partial charge < -0.3 is 9.16 Å². The lowest BCUT2D eigenvalue weighted by Gasteiger charge is -2.36. The lowest BCUT2D eigenvalue weighted by molar-refractivity contribution is 0.282. The van der Waals surface area contributed by atoms with E-state index in [-0.39, 0.29) is 5.04 Å². The number of aryl methyl sites for hydroxylation is 1. The van der Waals surface area contributed by atoms with Gasteiger partial charge in [0.2, 0.25) is 0 Å². The summed E-state index contributed by atoms with van der Waals surface area (Å²) in [4.78, 5) is 0. The molecule has 1 rings (SSSR count). The van der Waals surface area contributed by atoms with Crippen LogP contribution in [0.1, 0.15) is 46.6 Å². The van der Waals surface area contributed by atoms with Crippen molar-refractivity contribution in [1.82, 2.24) is 0 Å². The fourth-order valence-corrected chi connectivity index (χ4v) is 2.96. The maximum Gasteiger partial charge on any atom is 0.191 e. The Hall–Kier alpha value is -1.06. The fourth-order valence-electron chi connectivity index (χ4n) is 1.88. The second kappa shape index (κ2) is 8.70. The SMILES string of the molecule is CC(C)=CCOc1ccc(CCCO[Si](C)(C)C(C)(C)C)cc1. The molecule has 130 valence electrons. The molecule has 0 bridgehead atoms. The quantitative estimate of drug-likeness (QED) is 0.330. The molecule has 0 aromatic heterocycles. The molecule has 0 spiro atoms. The van der Waals surface area contributed by atoms with Gasteiger partial charge in [0.15, 0.2) is 8.32 Å². The third-order valence-electron chi connectivity index (χ3n) is 4.54. The first kappa shape index (κ1) is 20.0. The minimum absolute atomic E-state index is 0.289. The van der Waals surface area contributed by atoms with Gasteiger partial charge in [-0.25, -0.2) is 0 Å². The molecule has 1 aromatic carbocycles. The molecule has 0 radical (unpaired) electrons. The lowest BCUT2D eigenvalue weighted by atomic mass is 10.1. The molecular weight excluding hydrogens is 300 g/mol. The normalized spacial score (nSPS) is 12.1. The van der Waals surface area contributed by atoms with Gasteiger partial charge >= 0.3 is 0 Å². The number of ether oxygens (including phenoxy) is 1. The molecule has 0 saturated heterocycles. The predicted octanol–water partition coefficient (Wildman–Crippen LogP) is 5.99. The molecule has 0 amide bonds. The first-order chi connectivity index (χ1) is 10.6. The molecule has 0 heterocycles. The Kier molecular flexibility index (Phi) is 7.55. The average molecular weight is 335 g/mol. The van der Waals surface area contributed by atoms with E-state index in [9.17, 15) is 0 Å². The van der Waals surface area contributed by atoms with Crippen LogP contribution in [0.5, 0.6) is 5.75 Å². The van der Waals surface area contributed by atoms with Crippen molar-refractivity contribution in [2.75, 3.05) is 13.2 Å². The maximum atomic E-state index is 6.22. The van der Waals surface area contributed by atoms with Crippen LogP contribution in [-0.4, -0.2) is 21.5 Å². The maximum absolute atomic E-state index is 6.22. The van der Waals surface area contributed by atoms with Gasteiger partial charge in [0, 0.05) is 6.61 Å². The lowest BCUT2D eigenvalue weighted by Crippen LogP contribution is -2.41. The summed E-state index contributed by atoms with van der Waals surface area (Å²) in [7, 11) is -1.60. The number of benzene rings is 1. The Bertz CT molecular complexity index is 491. The standard InChI is InChI=1S/C20H34O2Si/c1-17(2)14-16-21-19-12-10-18(11-13-19)9-8-15-22-23(6,7)20(3,4)5/h10-14H,8-9,15-16H2,1-7H3. The Labute approximate surface area is 144 Å². The van der Waals surface area contributed by atoms with Gasteiger partial charge in [-0.2, -0.15) is 0 Å². The molecule has 0 atom stereocenters. The zero-order chi connectivity index (χ0) is 17.5. The van der Waals surface area contributed by atoms with Crippen LogP contribution >= 0.6 is 0 Å². The smallest absolute Gasteiger partial charge is 0.191 e. The van der Waals surface area contributed by atoms with E-state index in [1.807, 2.05) is 0 Å². The zero-order valence-electron chi connectivity index (χ0n) is 16.0. The van der Waals surface area contributed by atoms with Crippen molar-refractivity contribution < 1.29 is 9.16 Å². The van der Waals surface area contributed by atoms with Gasteiger partial charge in [0.05, 0.1) is 0 Å². The van der Waals surface area contributed by atoms with E-state index < -0.39 is 8.32 Å². The van der Waals surface area contributed by atoms with Crippen LogP contribution in [0.4, 0.5) is 0 Å². The van der Waals surface area contributed by atoms with Crippen LogP contribution in [0, 0.1) is 0 Å². The molecule has 0 aliphatic heterocycles. The molecule has 0 aliphatic rings. The minimum atomic E-state index is -1.60. The molecular formula is C20H34O2Si. The van der Waals surface area contributed by atoms with Crippen molar-refractivity contribution in [3.63, 3.8) is 0 Å². The van der Waals surface area contributed by atoms with E-state index >= 15 is 0 Å². The summed E-state index contributed by atoms with van der Waals surface area (Å²) < 4.78 is 11.9. The van der Waals surface area contributed by atoms with Gasteiger partial charge in [0.1, 0.15) is 12.4 Å². The molecule has 1 aromatic rings. The van der Waals surface area contributed by atoms with Crippen molar-refractivity contribution in [2.24, 2.45) is 0 Å². The van der Waals surface area contributed by atoms with Crippen LogP contribution in [0.2, 0.25) is 18.1 Å². The summed E-state index contributed by atoms with van der Waals surface area (Å²) in [6.45, 7) is 17.1. The molecule has 0 aliphatic carbocycles. The van der Waals surface area contributed by atoms with Crippen molar-refractivity contribution in [3.05, 3.63) is 41.5 Å². The van der Waals surface area contributed by atoms with Gasteiger partial charge in [0.25, 0.3) is 0 Å². The summed E-state index contributed by atoms with van der Waals surface area (Å²) >= 11 is 0. The summed E-state index contributed by atoms with van der Waals surface area (Å²) in [5.74, 6) is 0.934. The minimum Gasteiger partial charge on any atom is -0.490 e. The van der Waals surface area contributed by atoms with E-state index in [4.69, 9.17) is 9.16 Å². The first-order valence-corrected chi connectivity index (χ1v) is 11.5. The molecule has 0 saturated carbocycles. The highest BCUT2D eigenvalue weighted by Crippen LogP contribution is 2.36. The number of hydrogen-bond acceptors (Lipinski definition) is 2. The summed E-state index contributed by atoms with van der Waals surface area (Å²) in [6, 6.07) is 8.43. The highest BCUT2D eigenvalue weighted by atomic mass is 28.4. The molecule has 0 unspecified atom stereocenters. The van der Waals surface area contributed by atoms with Gasteiger partial charge in [-0.3, -0.25) is 0 Å². The molecule has 0 N–H and O–H groups in total. The Morgan fingerprint density at radius 3 is 2.22 bits per heavy atom. The number of allylic oxidation sites excluding steroid dienone is 1. The van der Waals surface area contributed by atoms with Crippen molar-refractivity contribution in [1.29, 1.82) is 0 Å². The summed E-state index contributed by atoms with van der Waals surface area (Å²) in [5, 5.41) is 0.289. The van der Waals surface area contributed by atoms with Crippen molar-refractivity contribution >= 4 is 8.32 Å². The van der Waals surface area contributed by atoms with Crippen molar-refractivity contribution in [2.45, 2.75) is 65.6 Å². The van der Waals surface area contributed by atoms with E-state index in [0.29, 0.717) is 6.61 Å². The largest absolute Gasteiger partial charge is 0.490 e. The Morgan fingerprint density at radius 1 is 1.09 bits per heavy atom. The Morgan fingerprint density at radius 2 is 1.70 bits per heavy atom. The highest BCUT2D eigenvalue weighted by Gasteiger charge is 2.36. The van der Waals surface area contributed by atoms with E-state index in [0.717, 1.165) is 25.2 Å². The highest BCUT2D eigenvalue weighted by molar-refractivity contribution is 6.74. The van der Waals surface area contributed by atoms with Crippen LogP contribution < -0.4 is 4.74 Å². The topological polar surface area (TPSA) is 18.5 Å². The third kappa shape index (κ3) is 7.36. The van der Waals surface area contributed by atoms with Gasteiger partial charge in [-0.15, -0.1) is 0 Å². The molecule has 3 heteroatoms. The molecule has 2 nitrogen and oxygen atoms in total. The molecule has 0 fully saturated rings. The van der Waals surface area contributed by atoms with E-state index in [1.165, 1.54) is 11.1 Å².